The number of carboxylic acid groups (broad SMARTS) is 1. The summed E-state index contributed by atoms with van der Waals surface area (Å²) in [6.45, 7) is 1.61. The monoisotopic (exact) mass is 322 g/mol. The van der Waals surface area contributed by atoms with Gasteiger partial charge in [0.25, 0.3) is 7.29 Å². The van der Waals surface area contributed by atoms with E-state index in [1.807, 2.05) is 28.1 Å². The maximum absolute atomic E-state index is 12.9. The summed E-state index contributed by atoms with van der Waals surface area (Å²) in [4.78, 5) is 21.8. The molecule has 2 unspecified atom stereocenters. The lowest BCUT2D eigenvalue weighted by Gasteiger charge is -2.35. The van der Waals surface area contributed by atoms with Crippen molar-refractivity contribution in [3.05, 3.63) is 12.2 Å². The topological polar surface area (TPSA) is 101 Å². The molecule has 0 aliphatic heterocycles. The van der Waals surface area contributed by atoms with Gasteiger partial charge >= 0.3 is 11.9 Å². The number of hydrogen-bond acceptors (Lipinski definition) is 5. The first-order chi connectivity index (χ1) is 9.55. The Hall–Kier alpha value is -1.17. The van der Waals surface area contributed by atoms with Gasteiger partial charge in [-0.1, -0.05) is 6.92 Å². The molecule has 8 heteroatoms. The molecule has 2 N–H and O–H groups in total. The Morgan fingerprint density at radius 2 is 1.86 bits per heavy atom. The predicted octanol–water partition coefficient (Wildman–Crippen LogP) is 0.926. The van der Waals surface area contributed by atoms with Gasteiger partial charge in [0, 0.05) is 31.3 Å². The summed E-state index contributed by atoms with van der Waals surface area (Å²) in [6.07, 6.45) is 1.54. The Morgan fingerprint density at radius 3 is 2.24 bits per heavy atom. The molecule has 0 aliphatic carbocycles. The van der Waals surface area contributed by atoms with E-state index in [0.29, 0.717) is 12.2 Å². The highest BCUT2D eigenvalue weighted by Gasteiger charge is 2.38. The van der Waals surface area contributed by atoms with E-state index in [0.717, 1.165) is 6.08 Å². The largest absolute Gasteiger partial charge is 0.478 e. The van der Waals surface area contributed by atoms with E-state index in [4.69, 9.17) is 14.9 Å². The lowest BCUT2D eigenvalue weighted by molar-refractivity contribution is -0.746. The number of ether oxygens (including phenoxy) is 1. The number of quaternary nitrogens is 1. The third-order valence-electron chi connectivity index (χ3n) is 3.17. The van der Waals surface area contributed by atoms with E-state index in [-0.39, 0.29) is 23.4 Å². The minimum absolute atomic E-state index is 0.153. The Balaban J connectivity index is 4.95. The molecule has 122 valence electrons. The van der Waals surface area contributed by atoms with Crippen LogP contribution in [-0.4, -0.2) is 72.6 Å². The molecule has 0 radical (unpaired) electrons. The minimum Gasteiger partial charge on any atom is -0.478 e. The first kappa shape index (κ1) is 19.8. The zero-order chi connectivity index (χ0) is 16.7. The van der Waals surface area contributed by atoms with Gasteiger partial charge in [0.05, 0.1) is 27.3 Å². The highest BCUT2D eigenvalue weighted by atomic mass is 31.2. The van der Waals surface area contributed by atoms with E-state index in [1.165, 1.54) is 0 Å². The van der Waals surface area contributed by atoms with Crippen LogP contribution in [0, 0.1) is 0 Å². The van der Waals surface area contributed by atoms with E-state index >= 15 is 0 Å². The van der Waals surface area contributed by atoms with E-state index in [2.05, 4.69) is 0 Å². The van der Waals surface area contributed by atoms with Gasteiger partial charge in [0.2, 0.25) is 0 Å². The SMILES string of the molecule is CCP(=O)(CC(CCO)OC(=O)/C=C\C(=O)O)[N+](C)(C)C. The van der Waals surface area contributed by atoms with E-state index in [1.54, 1.807) is 0 Å². The maximum atomic E-state index is 12.9. The van der Waals surface area contributed by atoms with Gasteiger partial charge in [0.1, 0.15) is 6.10 Å². The number of carboxylic acids is 1. The number of esters is 1. The molecule has 0 rings (SSSR count). The molecular formula is C13H25NO6P+. The van der Waals surface area contributed by atoms with Crippen LogP contribution in [0.1, 0.15) is 13.3 Å². The van der Waals surface area contributed by atoms with Crippen molar-refractivity contribution in [2.75, 3.05) is 40.1 Å². The van der Waals surface area contributed by atoms with Crippen LogP contribution >= 0.6 is 7.29 Å². The van der Waals surface area contributed by atoms with Crippen molar-refractivity contribution in [2.45, 2.75) is 19.4 Å². The normalized spacial score (nSPS) is 16.4. The van der Waals surface area contributed by atoms with Crippen LogP contribution in [-0.2, 0) is 18.9 Å². The van der Waals surface area contributed by atoms with Gasteiger partial charge in [-0.05, 0) is 0 Å². The Labute approximate surface area is 125 Å². The van der Waals surface area contributed by atoms with Gasteiger partial charge in [-0.3, -0.25) is 8.82 Å². The molecule has 0 aromatic carbocycles. The molecule has 0 heterocycles. The lowest BCUT2D eigenvalue weighted by atomic mass is 10.3. The summed E-state index contributed by atoms with van der Waals surface area (Å²) in [6, 6.07) is 0. The van der Waals surface area contributed by atoms with Gasteiger partial charge in [-0.15, -0.1) is 0 Å². The van der Waals surface area contributed by atoms with Gasteiger partial charge in [-0.2, -0.15) is 0 Å². The van der Waals surface area contributed by atoms with Crippen molar-refractivity contribution in [3.8, 4) is 0 Å². The highest BCUT2D eigenvalue weighted by Crippen LogP contribution is 2.53. The number of carbonyl (C=O) groups is 2. The Kier molecular flexibility index (Phi) is 7.85. The van der Waals surface area contributed by atoms with E-state index < -0.39 is 25.3 Å². The minimum atomic E-state index is -2.66. The van der Waals surface area contributed by atoms with Crippen molar-refractivity contribution < 1.29 is 33.4 Å². The van der Waals surface area contributed by atoms with Crippen molar-refractivity contribution >= 4 is 19.2 Å². The molecule has 0 aromatic heterocycles. The fraction of sp³-hybridized carbons (Fsp3) is 0.692. The fourth-order valence-corrected chi connectivity index (χ4v) is 4.28. The molecule has 2 atom stereocenters. The van der Waals surface area contributed by atoms with Crippen molar-refractivity contribution in [1.29, 1.82) is 0 Å². The second kappa shape index (κ2) is 8.32. The molecule has 21 heavy (non-hydrogen) atoms. The van der Waals surface area contributed by atoms with Gasteiger partial charge < -0.3 is 14.9 Å². The molecule has 0 saturated carbocycles. The third-order valence-corrected chi connectivity index (χ3v) is 7.33. The first-order valence-corrected chi connectivity index (χ1v) is 8.71. The Bertz CT molecular complexity index is 440. The second-order valence-corrected chi connectivity index (χ2v) is 9.42. The fourth-order valence-electron chi connectivity index (χ4n) is 1.79. The second-order valence-electron chi connectivity index (χ2n) is 5.53. The number of hydrogen-bond donors (Lipinski definition) is 2. The standard InChI is InChI=1S/C13H24NO6P/c1-5-21(19,14(2,3)4)10-11(8-9-15)20-13(18)7-6-12(16)17/h6-7,11,15H,5,8-10H2,1-4H3/p+1/b7-6-. The summed E-state index contributed by atoms with van der Waals surface area (Å²) in [5.41, 5.74) is 0. The van der Waals surface area contributed by atoms with Crippen LogP contribution in [0.4, 0.5) is 0 Å². The molecule has 0 bridgehead atoms. The van der Waals surface area contributed by atoms with Crippen LogP contribution in [0.25, 0.3) is 0 Å². The number of aliphatic hydroxyl groups excluding tert-OH is 1. The average Bonchev–Trinajstić information content (AvgIpc) is 2.35. The number of rotatable bonds is 9. The van der Waals surface area contributed by atoms with Crippen LogP contribution in [0.5, 0.6) is 0 Å². The maximum Gasteiger partial charge on any atom is 0.331 e. The molecule has 0 amide bonds. The average molecular weight is 322 g/mol. The van der Waals surface area contributed by atoms with Crippen molar-refractivity contribution in [3.63, 3.8) is 0 Å². The van der Waals surface area contributed by atoms with Gasteiger partial charge in [0.15, 0.2) is 0 Å². The first-order valence-electron chi connectivity index (χ1n) is 6.68. The summed E-state index contributed by atoms with van der Waals surface area (Å²) in [5.74, 6) is -2.07. The predicted molar refractivity (Wildman–Crippen MR) is 79.4 cm³/mol. The summed E-state index contributed by atoms with van der Waals surface area (Å²) < 4.78 is 18.3. The quantitative estimate of drug-likeness (QED) is 0.372. The number of nitrogens with zero attached hydrogens (tertiary/aromatic N) is 1. The number of carbonyl (C=O) groups excluding carboxylic acids is 1. The van der Waals surface area contributed by atoms with Gasteiger partial charge in [-0.25, -0.2) is 9.59 Å². The van der Waals surface area contributed by atoms with Crippen LogP contribution in [0.15, 0.2) is 12.2 Å². The van der Waals surface area contributed by atoms with Crippen LogP contribution < -0.4 is 0 Å². The number of aliphatic hydroxyl groups is 1. The molecular weight excluding hydrogens is 297 g/mol. The zero-order valence-corrected chi connectivity index (χ0v) is 13.9. The summed E-state index contributed by atoms with van der Waals surface area (Å²) >= 11 is 0. The third kappa shape index (κ3) is 6.89. The highest BCUT2D eigenvalue weighted by molar-refractivity contribution is 7.58. The Morgan fingerprint density at radius 1 is 1.29 bits per heavy atom. The molecule has 0 spiro atoms. The smallest absolute Gasteiger partial charge is 0.331 e. The summed E-state index contributed by atoms with van der Waals surface area (Å²) in [5, 5.41) is 17.5. The van der Waals surface area contributed by atoms with Crippen LogP contribution in [0.2, 0.25) is 0 Å². The molecule has 7 nitrogen and oxygen atoms in total. The zero-order valence-electron chi connectivity index (χ0n) is 13.0. The lowest BCUT2D eigenvalue weighted by Crippen LogP contribution is -2.36. The molecule has 0 aromatic rings. The molecule has 0 fully saturated rings. The van der Waals surface area contributed by atoms with Crippen molar-refractivity contribution in [1.82, 2.24) is 0 Å². The molecule has 0 saturated heterocycles. The summed E-state index contributed by atoms with van der Waals surface area (Å²) in [7, 11) is 2.78. The van der Waals surface area contributed by atoms with E-state index in [9.17, 15) is 14.2 Å². The number of aliphatic carboxylic acids is 1. The van der Waals surface area contributed by atoms with Crippen molar-refractivity contribution in [2.24, 2.45) is 0 Å². The molecule has 0 aliphatic rings. The van der Waals surface area contributed by atoms with Crippen LogP contribution in [0.3, 0.4) is 0 Å².